The van der Waals surface area contributed by atoms with Crippen molar-refractivity contribution in [1.82, 2.24) is 5.32 Å². The fourth-order valence-corrected chi connectivity index (χ4v) is 2.56. The second-order valence-electron chi connectivity index (χ2n) is 4.95. The average Bonchev–Trinajstić information content (AvgIpc) is 2.40. The van der Waals surface area contributed by atoms with E-state index < -0.39 is 0 Å². The Balaban J connectivity index is 1.98. The number of benzene rings is 1. The largest absolute Gasteiger partial charge is 0.369 e. The zero-order valence-electron chi connectivity index (χ0n) is 10.9. The summed E-state index contributed by atoms with van der Waals surface area (Å²) in [5, 5.41) is 3.52. The van der Waals surface area contributed by atoms with Crippen molar-refractivity contribution in [2.45, 2.75) is 44.8 Å². The Morgan fingerprint density at radius 1 is 1.24 bits per heavy atom. The van der Waals surface area contributed by atoms with Crippen LogP contribution in [0.3, 0.4) is 0 Å². The van der Waals surface area contributed by atoms with Gasteiger partial charge in [0.2, 0.25) is 0 Å². The first kappa shape index (κ1) is 12.6. The van der Waals surface area contributed by atoms with Gasteiger partial charge >= 0.3 is 0 Å². The van der Waals surface area contributed by atoms with Gasteiger partial charge in [0, 0.05) is 13.1 Å². The normalized spacial score (nSPS) is 23.5. The lowest BCUT2D eigenvalue weighted by Crippen LogP contribution is -2.53. The van der Waals surface area contributed by atoms with E-state index in [1.807, 2.05) is 0 Å². The van der Waals surface area contributed by atoms with Crippen LogP contribution in [0.1, 0.15) is 32.3 Å². The van der Waals surface area contributed by atoms with Crippen molar-refractivity contribution in [2.75, 3.05) is 13.1 Å². The molecule has 2 nitrogen and oxygen atoms in total. The van der Waals surface area contributed by atoms with Crippen LogP contribution in [-0.4, -0.2) is 24.8 Å². The summed E-state index contributed by atoms with van der Waals surface area (Å²) in [5.41, 5.74) is 1.42. The van der Waals surface area contributed by atoms with E-state index in [1.54, 1.807) is 0 Å². The van der Waals surface area contributed by atoms with Crippen molar-refractivity contribution < 1.29 is 4.74 Å². The van der Waals surface area contributed by atoms with Crippen molar-refractivity contribution in [3.8, 4) is 0 Å². The molecule has 1 unspecified atom stereocenters. The molecule has 1 aliphatic heterocycles. The standard InChI is InChI=1S/C15H23NO/c1-3-15(4-2)12-16-11-14(17-15)10-13-8-6-5-7-9-13/h5-9,14,16H,3-4,10-12H2,1-2H3. The summed E-state index contributed by atoms with van der Waals surface area (Å²) in [6.07, 6.45) is 3.49. The van der Waals surface area contributed by atoms with Crippen molar-refractivity contribution in [3.63, 3.8) is 0 Å². The molecular weight excluding hydrogens is 210 g/mol. The summed E-state index contributed by atoms with van der Waals surface area (Å²) >= 11 is 0. The highest BCUT2D eigenvalue weighted by molar-refractivity contribution is 5.15. The number of nitrogens with one attached hydrogen (secondary N) is 1. The zero-order valence-corrected chi connectivity index (χ0v) is 10.9. The van der Waals surface area contributed by atoms with Crippen LogP contribution in [0, 0.1) is 0 Å². The van der Waals surface area contributed by atoms with Gasteiger partial charge in [-0.2, -0.15) is 0 Å². The first-order valence-electron chi connectivity index (χ1n) is 6.70. The smallest absolute Gasteiger partial charge is 0.0805 e. The van der Waals surface area contributed by atoms with Gasteiger partial charge in [0.05, 0.1) is 11.7 Å². The average molecular weight is 233 g/mol. The Hall–Kier alpha value is -0.860. The van der Waals surface area contributed by atoms with Crippen molar-refractivity contribution >= 4 is 0 Å². The lowest BCUT2D eigenvalue weighted by atomic mass is 9.94. The van der Waals surface area contributed by atoms with Crippen molar-refractivity contribution in [3.05, 3.63) is 35.9 Å². The van der Waals surface area contributed by atoms with E-state index in [-0.39, 0.29) is 5.60 Å². The molecule has 1 fully saturated rings. The summed E-state index contributed by atoms with van der Waals surface area (Å²) in [4.78, 5) is 0. The van der Waals surface area contributed by atoms with E-state index in [1.165, 1.54) is 5.56 Å². The maximum absolute atomic E-state index is 6.31. The lowest BCUT2D eigenvalue weighted by molar-refractivity contribution is -0.119. The van der Waals surface area contributed by atoms with E-state index in [9.17, 15) is 0 Å². The van der Waals surface area contributed by atoms with Gasteiger partial charge in [-0.25, -0.2) is 0 Å². The van der Waals surface area contributed by atoms with E-state index >= 15 is 0 Å². The predicted molar refractivity (Wildman–Crippen MR) is 71.2 cm³/mol. The van der Waals surface area contributed by atoms with Crippen LogP contribution in [-0.2, 0) is 11.2 Å². The Bertz CT molecular complexity index is 332. The van der Waals surface area contributed by atoms with Gasteiger partial charge in [-0.15, -0.1) is 0 Å². The number of hydrogen-bond donors (Lipinski definition) is 1. The van der Waals surface area contributed by atoms with Gasteiger partial charge < -0.3 is 10.1 Å². The zero-order chi connectivity index (χ0) is 12.1. The quantitative estimate of drug-likeness (QED) is 0.863. The van der Waals surface area contributed by atoms with Crippen LogP contribution in [0.25, 0.3) is 0 Å². The monoisotopic (exact) mass is 233 g/mol. The molecule has 1 saturated heterocycles. The van der Waals surface area contributed by atoms with Gasteiger partial charge in [-0.3, -0.25) is 0 Å². The summed E-state index contributed by atoms with van der Waals surface area (Å²) in [5.74, 6) is 0. The molecule has 0 radical (unpaired) electrons. The second-order valence-corrected chi connectivity index (χ2v) is 4.95. The molecule has 1 aliphatic rings. The molecule has 1 N–H and O–H groups in total. The third kappa shape index (κ3) is 3.08. The molecule has 0 amide bonds. The number of morpholine rings is 1. The molecule has 1 aromatic rings. The molecule has 2 heteroatoms. The fourth-order valence-electron chi connectivity index (χ4n) is 2.56. The Morgan fingerprint density at radius 2 is 1.94 bits per heavy atom. The van der Waals surface area contributed by atoms with Crippen LogP contribution in [0.2, 0.25) is 0 Å². The first-order valence-corrected chi connectivity index (χ1v) is 6.70. The van der Waals surface area contributed by atoms with Gasteiger partial charge in [0.15, 0.2) is 0 Å². The van der Waals surface area contributed by atoms with E-state index in [4.69, 9.17) is 4.74 Å². The SMILES string of the molecule is CCC1(CC)CNCC(Cc2ccccc2)O1. The molecule has 0 aliphatic carbocycles. The second kappa shape index (κ2) is 5.65. The first-order chi connectivity index (χ1) is 8.28. The van der Waals surface area contributed by atoms with Crippen molar-refractivity contribution in [1.29, 1.82) is 0 Å². The highest BCUT2D eigenvalue weighted by Crippen LogP contribution is 2.25. The highest BCUT2D eigenvalue weighted by atomic mass is 16.5. The van der Waals surface area contributed by atoms with E-state index in [0.29, 0.717) is 6.10 Å². The Labute approximate surface area is 104 Å². The van der Waals surface area contributed by atoms with E-state index in [2.05, 4.69) is 49.5 Å². The maximum Gasteiger partial charge on any atom is 0.0805 e. The molecule has 2 rings (SSSR count). The molecule has 0 spiro atoms. The molecule has 0 aromatic heterocycles. The number of hydrogen-bond acceptors (Lipinski definition) is 2. The molecule has 0 bridgehead atoms. The van der Waals surface area contributed by atoms with Crippen LogP contribution in [0.4, 0.5) is 0 Å². The number of ether oxygens (including phenoxy) is 1. The van der Waals surface area contributed by atoms with E-state index in [0.717, 1.165) is 32.4 Å². The predicted octanol–water partition coefficient (Wildman–Crippen LogP) is 2.78. The molecule has 0 saturated carbocycles. The molecular formula is C15H23NO. The number of rotatable bonds is 4. The molecule has 1 aromatic carbocycles. The highest BCUT2D eigenvalue weighted by Gasteiger charge is 2.33. The van der Waals surface area contributed by atoms with Gasteiger partial charge in [0.25, 0.3) is 0 Å². The molecule has 94 valence electrons. The minimum Gasteiger partial charge on any atom is -0.369 e. The third-order valence-electron chi connectivity index (χ3n) is 3.83. The minimum atomic E-state index is 0.0533. The lowest BCUT2D eigenvalue weighted by Gasteiger charge is -2.41. The topological polar surface area (TPSA) is 21.3 Å². The van der Waals surface area contributed by atoms with Crippen molar-refractivity contribution in [2.24, 2.45) is 0 Å². The Morgan fingerprint density at radius 3 is 2.59 bits per heavy atom. The molecule has 1 atom stereocenters. The summed E-state index contributed by atoms with van der Waals surface area (Å²) < 4.78 is 6.31. The van der Waals surface area contributed by atoms with Crippen LogP contribution in [0.5, 0.6) is 0 Å². The molecule has 17 heavy (non-hydrogen) atoms. The van der Waals surface area contributed by atoms with Crippen LogP contribution < -0.4 is 5.32 Å². The maximum atomic E-state index is 6.31. The van der Waals surface area contributed by atoms with Crippen LogP contribution >= 0.6 is 0 Å². The van der Waals surface area contributed by atoms with Crippen LogP contribution in [0.15, 0.2) is 30.3 Å². The van der Waals surface area contributed by atoms with Gasteiger partial charge in [-0.1, -0.05) is 44.2 Å². The van der Waals surface area contributed by atoms with Gasteiger partial charge in [0.1, 0.15) is 0 Å². The summed E-state index contributed by atoms with van der Waals surface area (Å²) in [6, 6.07) is 10.6. The van der Waals surface area contributed by atoms with Gasteiger partial charge in [-0.05, 0) is 24.8 Å². The Kier molecular flexibility index (Phi) is 4.19. The third-order valence-corrected chi connectivity index (χ3v) is 3.83. The summed E-state index contributed by atoms with van der Waals surface area (Å²) in [7, 11) is 0. The molecule has 1 heterocycles. The summed E-state index contributed by atoms with van der Waals surface area (Å²) in [6.45, 7) is 6.40. The fraction of sp³-hybridized carbons (Fsp3) is 0.600. The minimum absolute atomic E-state index is 0.0533.